The largest absolute Gasteiger partial charge is 0.507 e. The summed E-state index contributed by atoms with van der Waals surface area (Å²) in [4.78, 5) is 39.1. The number of phenolic OH excluding ortho intramolecular Hbond substituents is 2. The molecule has 1 heterocycles. The molecule has 12 nitrogen and oxygen atoms in total. The highest BCUT2D eigenvalue weighted by Crippen LogP contribution is 2.52. The van der Waals surface area contributed by atoms with Crippen LogP contribution in [0.5, 0.6) is 17.2 Å². The molecule has 6 atom stereocenters. The summed E-state index contributed by atoms with van der Waals surface area (Å²) in [6.45, 7) is 1.57. The third kappa shape index (κ3) is 3.76. The van der Waals surface area contributed by atoms with Crippen molar-refractivity contribution in [3.8, 4) is 17.2 Å². The van der Waals surface area contributed by atoms with E-state index in [1.807, 2.05) is 0 Å². The number of nitrogens with two attached hydrogens (primary N) is 1. The second-order valence-electron chi connectivity index (χ2n) is 9.88. The van der Waals surface area contributed by atoms with E-state index in [0.29, 0.717) is 0 Å². The lowest BCUT2D eigenvalue weighted by Gasteiger charge is -2.41. The molecular weight excluding hydrogens is 502 g/mol. The summed E-state index contributed by atoms with van der Waals surface area (Å²) >= 11 is 0. The molecule has 2 aromatic carbocycles. The predicted molar refractivity (Wildman–Crippen MR) is 127 cm³/mol. The summed E-state index contributed by atoms with van der Waals surface area (Å²) in [5.74, 6) is -4.52. The van der Waals surface area contributed by atoms with E-state index in [0.717, 1.165) is 0 Å². The summed E-state index contributed by atoms with van der Waals surface area (Å²) in [6.07, 6.45) is -5.42. The quantitative estimate of drug-likeness (QED) is 0.256. The standard InChI is InChI=1S/C26H27NO11/c1-9-20(28)12(27)6-15(37-9)38-14-8-26(35,25(33)34)7-11-17(14)24(32)19-18(22(11)30)21(29)10-4-3-5-13(36-2)16(10)23(19)31/h3-5,9,12,14-15,20,28,30,32,35H,6-8,27H2,1-2H3,(H,33,34). The number of hydrogen-bond acceptors (Lipinski definition) is 11. The van der Waals surface area contributed by atoms with E-state index in [9.17, 15) is 39.9 Å². The summed E-state index contributed by atoms with van der Waals surface area (Å²) in [6, 6.07) is 3.60. The lowest BCUT2D eigenvalue weighted by molar-refractivity contribution is -0.248. The van der Waals surface area contributed by atoms with Gasteiger partial charge in [-0.2, -0.15) is 0 Å². The molecule has 0 bridgehead atoms. The van der Waals surface area contributed by atoms with Crippen molar-refractivity contribution >= 4 is 17.5 Å². The minimum atomic E-state index is -2.44. The third-order valence-electron chi connectivity index (χ3n) is 7.54. The van der Waals surface area contributed by atoms with Gasteiger partial charge < -0.3 is 45.5 Å². The van der Waals surface area contributed by atoms with Crippen molar-refractivity contribution in [2.24, 2.45) is 5.73 Å². The van der Waals surface area contributed by atoms with Gasteiger partial charge in [-0.3, -0.25) is 9.59 Å². The van der Waals surface area contributed by atoms with E-state index in [1.54, 1.807) is 6.92 Å². The zero-order chi connectivity index (χ0) is 27.7. The summed E-state index contributed by atoms with van der Waals surface area (Å²) in [5, 5.41) is 53.5. The van der Waals surface area contributed by atoms with Gasteiger partial charge in [-0.15, -0.1) is 0 Å². The van der Waals surface area contributed by atoms with Crippen LogP contribution in [0.1, 0.15) is 68.8 Å². The Morgan fingerprint density at radius 1 is 1.13 bits per heavy atom. The Bertz CT molecular complexity index is 1360. The van der Waals surface area contributed by atoms with Gasteiger partial charge in [0.1, 0.15) is 17.2 Å². The monoisotopic (exact) mass is 529 g/mol. The SMILES string of the molecule is COc1cccc2c1C(=O)c1c(O)c3c(c(O)c1C2=O)CC(O)(C(=O)O)CC3OC1CC(N)C(O)C(C)O1. The average molecular weight is 529 g/mol. The van der Waals surface area contributed by atoms with Crippen LogP contribution in [0, 0.1) is 0 Å². The smallest absolute Gasteiger partial charge is 0.336 e. The maximum absolute atomic E-state index is 13.6. The van der Waals surface area contributed by atoms with Crippen LogP contribution in [-0.4, -0.2) is 80.3 Å². The Kier molecular flexibility index (Phi) is 6.20. The zero-order valence-electron chi connectivity index (χ0n) is 20.5. The summed E-state index contributed by atoms with van der Waals surface area (Å²) in [5.41, 5.74) is 1.98. The molecule has 0 amide bonds. The average Bonchev–Trinajstić information content (AvgIpc) is 2.87. The number of rotatable bonds is 4. The van der Waals surface area contributed by atoms with Gasteiger partial charge in [0.05, 0.1) is 42.1 Å². The van der Waals surface area contributed by atoms with Crippen molar-refractivity contribution in [1.82, 2.24) is 0 Å². The molecule has 6 unspecified atom stereocenters. The molecule has 202 valence electrons. The number of carbonyl (C=O) groups excluding carboxylic acids is 2. The number of carbonyl (C=O) groups is 3. The number of aromatic hydroxyl groups is 2. The molecule has 38 heavy (non-hydrogen) atoms. The Labute approximate surface area is 216 Å². The number of hydrogen-bond donors (Lipinski definition) is 6. The number of aliphatic hydroxyl groups excluding tert-OH is 1. The van der Waals surface area contributed by atoms with E-state index < -0.39 is 89.2 Å². The van der Waals surface area contributed by atoms with Crippen LogP contribution in [0.4, 0.5) is 0 Å². The molecule has 1 fully saturated rings. The maximum atomic E-state index is 13.6. The molecular formula is C26H27NO11. The Morgan fingerprint density at radius 3 is 2.45 bits per heavy atom. The molecule has 0 saturated carbocycles. The number of ketones is 2. The number of fused-ring (bicyclic) bond motifs is 3. The van der Waals surface area contributed by atoms with Gasteiger partial charge in [-0.1, -0.05) is 12.1 Å². The van der Waals surface area contributed by atoms with Gasteiger partial charge >= 0.3 is 5.97 Å². The third-order valence-corrected chi connectivity index (χ3v) is 7.54. The van der Waals surface area contributed by atoms with Gasteiger partial charge in [-0.25, -0.2) is 4.79 Å². The number of phenols is 2. The number of ether oxygens (including phenoxy) is 3. The fourth-order valence-corrected chi connectivity index (χ4v) is 5.55. The van der Waals surface area contributed by atoms with Crippen LogP contribution >= 0.6 is 0 Å². The van der Waals surface area contributed by atoms with Gasteiger partial charge in [0.25, 0.3) is 0 Å². The highest BCUT2D eigenvalue weighted by molar-refractivity contribution is 6.31. The molecule has 12 heteroatoms. The summed E-state index contributed by atoms with van der Waals surface area (Å²) < 4.78 is 16.9. The van der Waals surface area contributed by atoms with E-state index in [-0.39, 0.29) is 34.4 Å². The van der Waals surface area contributed by atoms with Gasteiger partial charge in [-0.05, 0) is 13.0 Å². The molecule has 1 saturated heterocycles. The van der Waals surface area contributed by atoms with Crippen molar-refractivity contribution in [2.75, 3.05) is 7.11 Å². The molecule has 2 aromatic rings. The van der Waals surface area contributed by atoms with Crippen molar-refractivity contribution in [3.05, 3.63) is 51.6 Å². The Hall–Kier alpha value is -3.55. The fourth-order valence-electron chi connectivity index (χ4n) is 5.55. The van der Waals surface area contributed by atoms with Gasteiger partial charge in [0.2, 0.25) is 5.78 Å². The number of aliphatic carboxylic acids is 1. The highest BCUT2D eigenvalue weighted by Gasteiger charge is 2.50. The summed E-state index contributed by atoms with van der Waals surface area (Å²) in [7, 11) is 1.32. The molecule has 0 aromatic heterocycles. The van der Waals surface area contributed by atoms with E-state index >= 15 is 0 Å². The Morgan fingerprint density at radius 2 is 1.82 bits per heavy atom. The van der Waals surface area contributed by atoms with E-state index in [4.69, 9.17) is 19.9 Å². The molecule has 5 rings (SSSR count). The van der Waals surface area contributed by atoms with Crippen LogP contribution in [0.15, 0.2) is 18.2 Å². The number of benzene rings is 2. The topological polar surface area (TPSA) is 206 Å². The van der Waals surface area contributed by atoms with Crippen molar-refractivity contribution in [1.29, 1.82) is 0 Å². The van der Waals surface area contributed by atoms with Crippen LogP contribution in [0.3, 0.4) is 0 Å². The van der Waals surface area contributed by atoms with Crippen LogP contribution < -0.4 is 10.5 Å². The fraction of sp³-hybridized carbons (Fsp3) is 0.423. The highest BCUT2D eigenvalue weighted by atomic mass is 16.7. The lowest BCUT2D eigenvalue weighted by atomic mass is 9.73. The number of methoxy groups -OCH3 is 1. The molecule has 1 aliphatic heterocycles. The van der Waals surface area contributed by atoms with Gasteiger partial charge in [0, 0.05) is 42.0 Å². The molecule has 3 aliphatic rings. The zero-order valence-corrected chi connectivity index (χ0v) is 20.5. The minimum Gasteiger partial charge on any atom is -0.507 e. The van der Waals surface area contributed by atoms with Crippen molar-refractivity contribution < 1.29 is 54.1 Å². The van der Waals surface area contributed by atoms with Crippen LogP contribution in [0.25, 0.3) is 0 Å². The van der Waals surface area contributed by atoms with E-state index in [2.05, 4.69) is 0 Å². The lowest BCUT2D eigenvalue weighted by Crippen LogP contribution is -2.52. The first-order valence-electron chi connectivity index (χ1n) is 12.0. The van der Waals surface area contributed by atoms with Crippen molar-refractivity contribution in [3.63, 3.8) is 0 Å². The normalized spacial score (nSPS) is 30.3. The molecule has 7 N–H and O–H groups in total. The van der Waals surface area contributed by atoms with Crippen LogP contribution in [0.2, 0.25) is 0 Å². The number of carboxylic acids is 1. The predicted octanol–water partition coefficient (Wildman–Crippen LogP) is 0.524. The molecule has 2 aliphatic carbocycles. The van der Waals surface area contributed by atoms with Gasteiger partial charge in [0.15, 0.2) is 17.7 Å². The number of carboxylic acid groups (broad SMARTS) is 1. The first-order valence-corrected chi connectivity index (χ1v) is 12.0. The van der Waals surface area contributed by atoms with Crippen LogP contribution in [-0.2, 0) is 20.7 Å². The first-order chi connectivity index (χ1) is 17.9. The first kappa shape index (κ1) is 26.1. The maximum Gasteiger partial charge on any atom is 0.336 e. The molecule has 0 radical (unpaired) electrons. The van der Waals surface area contributed by atoms with Crippen molar-refractivity contribution in [2.45, 2.75) is 62.4 Å². The molecule has 0 spiro atoms. The van der Waals surface area contributed by atoms with E-state index in [1.165, 1.54) is 25.3 Å². The second-order valence-corrected chi connectivity index (χ2v) is 9.88. The Balaban J connectivity index is 1.68. The second kappa shape index (κ2) is 9.03. The number of aliphatic hydroxyl groups is 2. The minimum absolute atomic E-state index is 0.00250.